The summed E-state index contributed by atoms with van der Waals surface area (Å²) in [6, 6.07) is 9.00. The molecule has 0 atom stereocenters. The van der Waals surface area contributed by atoms with Crippen LogP contribution in [-0.4, -0.2) is 17.1 Å². The van der Waals surface area contributed by atoms with Crippen LogP contribution in [0.3, 0.4) is 0 Å². The van der Waals surface area contributed by atoms with E-state index in [1.165, 1.54) is 30.3 Å². The highest BCUT2D eigenvalue weighted by atomic mass is 19.1. The van der Waals surface area contributed by atoms with Gasteiger partial charge >= 0.3 is 11.7 Å². The predicted molar refractivity (Wildman–Crippen MR) is 84.0 cm³/mol. The van der Waals surface area contributed by atoms with E-state index in [1.54, 1.807) is 6.92 Å². The van der Waals surface area contributed by atoms with E-state index in [4.69, 9.17) is 9.15 Å². The molecule has 0 fully saturated rings. The van der Waals surface area contributed by atoms with E-state index in [1.807, 2.05) is 0 Å². The van der Waals surface area contributed by atoms with Gasteiger partial charge < -0.3 is 9.15 Å². The summed E-state index contributed by atoms with van der Waals surface area (Å²) in [4.78, 5) is 36.2. The molecule has 24 heavy (non-hydrogen) atoms. The van der Waals surface area contributed by atoms with E-state index < -0.39 is 23.1 Å². The number of ether oxygens (including phenoxy) is 1. The summed E-state index contributed by atoms with van der Waals surface area (Å²) in [7, 11) is 0. The lowest BCUT2D eigenvalue weighted by Gasteiger charge is -2.06. The molecule has 3 rings (SSSR count). The molecule has 1 aromatic heterocycles. The lowest BCUT2D eigenvalue weighted by Crippen LogP contribution is -2.31. The van der Waals surface area contributed by atoms with Crippen LogP contribution in [0.5, 0.6) is 0 Å². The highest BCUT2D eigenvalue weighted by molar-refractivity contribution is 5.89. The summed E-state index contributed by atoms with van der Waals surface area (Å²) in [6.07, 6.45) is 0. The third-order valence-electron chi connectivity index (χ3n) is 3.39. The van der Waals surface area contributed by atoms with Crippen LogP contribution in [-0.2, 0) is 4.74 Å². The number of halogens is 1. The summed E-state index contributed by atoms with van der Waals surface area (Å²) in [6.45, 7) is 1.92. The Kier molecular flexibility index (Phi) is 3.99. The van der Waals surface area contributed by atoms with E-state index in [-0.39, 0.29) is 28.8 Å². The fraction of sp³-hybridized carbons (Fsp3) is 0.118. The lowest BCUT2D eigenvalue weighted by atomic mass is 10.2. The Bertz CT molecular complexity index is 1030. The molecule has 3 aromatic rings. The number of esters is 1. The fourth-order valence-corrected chi connectivity index (χ4v) is 2.29. The largest absolute Gasteiger partial charge is 0.462 e. The SMILES string of the molecule is CCOC(=O)c1ccc(-n2c(=O)oc3ccc(F)cc3c2=O)cc1. The van der Waals surface area contributed by atoms with Gasteiger partial charge in [0, 0.05) is 0 Å². The molecular formula is C17H12FNO5. The highest BCUT2D eigenvalue weighted by Crippen LogP contribution is 2.12. The molecule has 1 heterocycles. The first kappa shape index (κ1) is 15.7. The molecule has 0 unspecified atom stereocenters. The van der Waals surface area contributed by atoms with Gasteiger partial charge in [-0.25, -0.2) is 18.5 Å². The molecule has 0 aliphatic rings. The molecule has 0 spiro atoms. The van der Waals surface area contributed by atoms with Crippen molar-refractivity contribution in [2.45, 2.75) is 6.92 Å². The number of hydrogen-bond acceptors (Lipinski definition) is 5. The number of rotatable bonds is 3. The van der Waals surface area contributed by atoms with Gasteiger partial charge in [-0.1, -0.05) is 0 Å². The van der Waals surface area contributed by atoms with Crippen LogP contribution in [0.15, 0.2) is 56.5 Å². The molecule has 6 nitrogen and oxygen atoms in total. The van der Waals surface area contributed by atoms with Crippen molar-refractivity contribution in [3.05, 3.63) is 74.7 Å². The Balaban J connectivity index is 2.14. The Morgan fingerprint density at radius 3 is 2.54 bits per heavy atom. The van der Waals surface area contributed by atoms with Crippen molar-refractivity contribution in [1.82, 2.24) is 4.57 Å². The molecule has 0 bridgehead atoms. The topological polar surface area (TPSA) is 78.5 Å². The van der Waals surface area contributed by atoms with E-state index in [2.05, 4.69) is 0 Å². The molecule has 0 aliphatic heterocycles. The van der Waals surface area contributed by atoms with Crippen LogP contribution in [0, 0.1) is 5.82 Å². The Labute approximate surface area is 134 Å². The standard InChI is InChI=1S/C17H12FNO5/c1-2-23-16(21)10-3-6-12(7-4-10)19-15(20)13-9-11(18)5-8-14(13)24-17(19)22/h3-9H,2H2,1H3. The number of benzene rings is 2. The first-order valence-corrected chi connectivity index (χ1v) is 7.14. The smallest absolute Gasteiger partial charge is 0.426 e. The molecule has 0 N–H and O–H groups in total. The van der Waals surface area contributed by atoms with E-state index in [0.717, 1.165) is 16.7 Å². The summed E-state index contributed by atoms with van der Waals surface area (Å²) >= 11 is 0. The lowest BCUT2D eigenvalue weighted by molar-refractivity contribution is 0.0526. The average Bonchev–Trinajstić information content (AvgIpc) is 2.56. The highest BCUT2D eigenvalue weighted by Gasteiger charge is 2.13. The molecule has 122 valence electrons. The number of carbonyl (C=O) groups is 1. The van der Waals surface area contributed by atoms with Crippen molar-refractivity contribution in [2.75, 3.05) is 6.61 Å². The Morgan fingerprint density at radius 2 is 1.88 bits per heavy atom. The van der Waals surface area contributed by atoms with Gasteiger partial charge in [0.15, 0.2) is 0 Å². The van der Waals surface area contributed by atoms with E-state index in [9.17, 15) is 18.8 Å². The van der Waals surface area contributed by atoms with E-state index in [0.29, 0.717) is 0 Å². The van der Waals surface area contributed by atoms with Crippen LogP contribution in [0.1, 0.15) is 17.3 Å². The maximum Gasteiger partial charge on any atom is 0.426 e. The number of fused-ring (bicyclic) bond motifs is 1. The molecule has 0 saturated heterocycles. The minimum Gasteiger partial charge on any atom is -0.462 e. The summed E-state index contributed by atoms with van der Waals surface area (Å²) in [5, 5.41) is -0.0518. The summed E-state index contributed by atoms with van der Waals surface area (Å²) in [5.74, 6) is -2.02. The zero-order valence-corrected chi connectivity index (χ0v) is 12.6. The third-order valence-corrected chi connectivity index (χ3v) is 3.39. The van der Waals surface area contributed by atoms with Crippen molar-refractivity contribution in [2.24, 2.45) is 0 Å². The van der Waals surface area contributed by atoms with Gasteiger partial charge in [-0.2, -0.15) is 0 Å². The van der Waals surface area contributed by atoms with E-state index >= 15 is 0 Å². The Hall–Kier alpha value is -3.22. The fourth-order valence-electron chi connectivity index (χ4n) is 2.29. The van der Waals surface area contributed by atoms with Gasteiger partial charge in [-0.05, 0) is 49.4 Å². The quantitative estimate of drug-likeness (QED) is 0.689. The van der Waals surface area contributed by atoms with Crippen LogP contribution in [0.4, 0.5) is 4.39 Å². The van der Waals surface area contributed by atoms with Gasteiger partial charge in [-0.3, -0.25) is 4.79 Å². The second kappa shape index (κ2) is 6.11. The van der Waals surface area contributed by atoms with Gasteiger partial charge in [0.25, 0.3) is 5.56 Å². The van der Waals surface area contributed by atoms with Gasteiger partial charge in [-0.15, -0.1) is 0 Å². The van der Waals surface area contributed by atoms with Crippen molar-refractivity contribution in [3.8, 4) is 5.69 Å². The van der Waals surface area contributed by atoms with Crippen molar-refractivity contribution >= 4 is 16.9 Å². The van der Waals surface area contributed by atoms with Crippen LogP contribution >= 0.6 is 0 Å². The Morgan fingerprint density at radius 1 is 1.17 bits per heavy atom. The van der Waals surface area contributed by atoms with Gasteiger partial charge in [0.1, 0.15) is 11.4 Å². The summed E-state index contributed by atoms with van der Waals surface area (Å²) < 4.78 is 24.0. The average molecular weight is 329 g/mol. The first-order valence-electron chi connectivity index (χ1n) is 7.14. The van der Waals surface area contributed by atoms with Crippen molar-refractivity contribution < 1.29 is 18.3 Å². The maximum atomic E-state index is 13.3. The maximum absolute atomic E-state index is 13.3. The number of nitrogens with zero attached hydrogens (tertiary/aromatic N) is 1. The molecule has 0 aliphatic carbocycles. The number of carbonyl (C=O) groups excluding carboxylic acids is 1. The minimum absolute atomic E-state index is 0.00536. The molecule has 0 radical (unpaired) electrons. The number of hydrogen-bond donors (Lipinski definition) is 0. The van der Waals surface area contributed by atoms with Crippen molar-refractivity contribution in [3.63, 3.8) is 0 Å². The molecule has 2 aromatic carbocycles. The zero-order chi connectivity index (χ0) is 17.3. The third kappa shape index (κ3) is 2.71. The summed E-state index contributed by atoms with van der Waals surface area (Å²) in [5.41, 5.74) is -0.215. The second-order valence-electron chi connectivity index (χ2n) is 4.92. The zero-order valence-electron chi connectivity index (χ0n) is 12.6. The van der Waals surface area contributed by atoms with Crippen LogP contribution < -0.4 is 11.3 Å². The normalized spacial score (nSPS) is 10.8. The predicted octanol–water partition coefficient (Wildman–Crippen LogP) is 2.26. The molecule has 0 amide bonds. The van der Waals surface area contributed by atoms with Gasteiger partial charge in [0.05, 0.1) is 23.2 Å². The monoisotopic (exact) mass is 329 g/mol. The minimum atomic E-state index is -0.900. The van der Waals surface area contributed by atoms with Crippen molar-refractivity contribution in [1.29, 1.82) is 0 Å². The second-order valence-corrected chi connectivity index (χ2v) is 4.92. The first-order chi connectivity index (χ1) is 11.5. The van der Waals surface area contributed by atoms with Crippen LogP contribution in [0.2, 0.25) is 0 Å². The number of aromatic nitrogens is 1. The molecule has 0 saturated carbocycles. The van der Waals surface area contributed by atoms with Gasteiger partial charge in [0.2, 0.25) is 0 Å². The van der Waals surface area contributed by atoms with Crippen LogP contribution in [0.25, 0.3) is 16.7 Å². The molecule has 7 heteroatoms. The molecular weight excluding hydrogens is 317 g/mol.